The van der Waals surface area contributed by atoms with Crippen molar-refractivity contribution in [1.29, 1.82) is 0 Å². The van der Waals surface area contributed by atoms with Crippen molar-refractivity contribution in [2.45, 2.75) is 0 Å². The zero-order valence-corrected chi connectivity index (χ0v) is 5.94. The highest BCUT2D eigenvalue weighted by Crippen LogP contribution is 2.03. The van der Waals surface area contributed by atoms with Gasteiger partial charge in [0.05, 0.1) is 5.69 Å². The second-order valence-corrected chi connectivity index (χ2v) is 1.93. The SMILES string of the molecule is O=C(O)C(F)=Cc1ccncn1. The summed E-state index contributed by atoms with van der Waals surface area (Å²) < 4.78 is 12.4. The Morgan fingerprint density at radius 1 is 1.67 bits per heavy atom. The molecule has 4 nitrogen and oxygen atoms in total. The van der Waals surface area contributed by atoms with E-state index in [2.05, 4.69) is 9.97 Å². The van der Waals surface area contributed by atoms with Crippen LogP contribution in [0.2, 0.25) is 0 Å². The molecule has 0 aromatic carbocycles. The van der Waals surface area contributed by atoms with Gasteiger partial charge in [0.2, 0.25) is 5.83 Å². The number of nitrogens with zero attached hydrogens (tertiary/aromatic N) is 2. The molecule has 1 N–H and O–H groups in total. The number of hydrogen-bond acceptors (Lipinski definition) is 3. The fraction of sp³-hybridized carbons (Fsp3) is 0. The maximum atomic E-state index is 12.4. The van der Waals surface area contributed by atoms with Gasteiger partial charge in [0.25, 0.3) is 0 Å². The summed E-state index contributed by atoms with van der Waals surface area (Å²) in [6.45, 7) is 0. The Morgan fingerprint density at radius 2 is 2.42 bits per heavy atom. The molecule has 0 unspecified atom stereocenters. The minimum absolute atomic E-state index is 0.227. The first-order chi connectivity index (χ1) is 5.70. The van der Waals surface area contributed by atoms with Gasteiger partial charge in [-0.3, -0.25) is 0 Å². The van der Waals surface area contributed by atoms with Crippen LogP contribution in [0.3, 0.4) is 0 Å². The summed E-state index contributed by atoms with van der Waals surface area (Å²) in [5.41, 5.74) is 0.227. The van der Waals surface area contributed by atoms with Crippen molar-refractivity contribution in [1.82, 2.24) is 9.97 Å². The quantitative estimate of drug-likeness (QED) is 0.665. The molecule has 0 aliphatic carbocycles. The van der Waals surface area contributed by atoms with Gasteiger partial charge in [0.1, 0.15) is 6.33 Å². The Kier molecular flexibility index (Phi) is 2.47. The summed E-state index contributed by atoms with van der Waals surface area (Å²) in [6, 6.07) is 1.41. The summed E-state index contributed by atoms with van der Waals surface area (Å²) in [5.74, 6) is -2.85. The Balaban J connectivity index is 2.89. The van der Waals surface area contributed by atoms with Crippen LogP contribution in [0.5, 0.6) is 0 Å². The molecule has 0 radical (unpaired) electrons. The largest absolute Gasteiger partial charge is 0.476 e. The second kappa shape index (κ2) is 3.56. The Bertz CT molecular complexity index is 310. The van der Waals surface area contributed by atoms with E-state index in [0.29, 0.717) is 0 Å². The zero-order chi connectivity index (χ0) is 8.97. The highest BCUT2D eigenvalue weighted by atomic mass is 19.1. The van der Waals surface area contributed by atoms with Gasteiger partial charge in [0.15, 0.2) is 0 Å². The van der Waals surface area contributed by atoms with Gasteiger partial charge in [-0.1, -0.05) is 0 Å². The van der Waals surface area contributed by atoms with Gasteiger partial charge < -0.3 is 5.11 Å². The smallest absolute Gasteiger partial charge is 0.364 e. The van der Waals surface area contributed by atoms with Crippen molar-refractivity contribution in [3.05, 3.63) is 30.1 Å². The average molecular weight is 168 g/mol. The lowest BCUT2D eigenvalue weighted by Gasteiger charge is -1.89. The van der Waals surface area contributed by atoms with E-state index in [1.54, 1.807) is 0 Å². The molecule has 0 aliphatic heterocycles. The van der Waals surface area contributed by atoms with Crippen LogP contribution >= 0.6 is 0 Å². The van der Waals surface area contributed by atoms with Crippen molar-refractivity contribution in [2.75, 3.05) is 0 Å². The Labute approximate surface area is 67.4 Å². The van der Waals surface area contributed by atoms with Crippen molar-refractivity contribution < 1.29 is 14.3 Å². The Morgan fingerprint density at radius 3 is 2.92 bits per heavy atom. The van der Waals surface area contributed by atoms with Gasteiger partial charge in [-0.05, 0) is 6.07 Å². The highest BCUT2D eigenvalue weighted by molar-refractivity contribution is 5.89. The van der Waals surface area contributed by atoms with E-state index in [4.69, 9.17) is 5.11 Å². The van der Waals surface area contributed by atoms with E-state index in [0.717, 1.165) is 6.08 Å². The first-order valence-electron chi connectivity index (χ1n) is 3.06. The number of aromatic nitrogens is 2. The molecular formula is C7H5FN2O2. The first-order valence-corrected chi connectivity index (χ1v) is 3.06. The lowest BCUT2D eigenvalue weighted by atomic mass is 10.3. The third-order valence-electron chi connectivity index (χ3n) is 1.08. The van der Waals surface area contributed by atoms with Crippen LogP contribution < -0.4 is 0 Å². The van der Waals surface area contributed by atoms with Gasteiger partial charge in [0, 0.05) is 12.3 Å². The summed E-state index contributed by atoms with van der Waals surface area (Å²) in [4.78, 5) is 17.2. The third kappa shape index (κ3) is 2.12. The van der Waals surface area contributed by atoms with Gasteiger partial charge in [-0.15, -0.1) is 0 Å². The number of halogens is 1. The lowest BCUT2D eigenvalue weighted by Crippen LogP contribution is -1.94. The van der Waals surface area contributed by atoms with Gasteiger partial charge in [-0.25, -0.2) is 14.8 Å². The molecule has 0 saturated carbocycles. The fourth-order valence-corrected chi connectivity index (χ4v) is 0.578. The van der Waals surface area contributed by atoms with Crippen LogP contribution in [0.25, 0.3) is 6.08 Å². The molecule has 1 aromatic rings. The molecule has 0 spiro atoms. The van der Waals surface area contributed by atoms with Crippen LogP contribution in [0.1, 0.15) is 5.69 Å². The molecule has 1 rings (SSSR count). The average Bonchev–Trinajstić information content (AvgIpc) is 2.06. The summed E-state index contributed by atoms with van der Waals surface area (Å²) >= 11 is 0. The maximum absolute atomic E-state index is 12.4. The van der Waals surface area contributed by atoms with Crippen LogP contribution in [0.4, 0.5) is 4.39 Å². The minimum Gasteiger partial charge on any atom is -0.476 e. The van der Waals surface area contributed by atoms with Crippen LogP contribution in [-0.4, -0.2) is 21.0 Å². The second-order valence-electron chi connectivity index (χ2n) is 1.93. The number of aliphatic carboxylic acids is 1. The zero-order valence-electron chi connectivity index (χ0n) is 5.94. The van der Waals surface area contributed by atoms with E-state index in [1.165, 1.54) is 18.6 Å². The maximum Gasteiger partial charge on any atom is 0.364 e. The molecule has 0 aliphatic rings. The molecule has 0 saturated heterocycles. The van der Waals surface area contributed by atoms with Crippen molar-refractivity contribution >= 4 is 12.0 Å². The monoisotopic (exact) mass is 168 g/mol. The van der Waals surface area contributed by atoms with Crippen molar-refractivity contribution in [3.63, 3.8) is 0 Å². The minimum atomic E-state index is -1.60. The van der Waals surface area contributed by atoms with E-state index >= 15 is 0 Å². The molecule has 12 heavy (non-hydrogen) atoms. The predicted octanol–water partition coefficient (Wildman–Crippen LogP) is 0.872. The fourth-order valence-electron chi connectivity index (χ4n) is 0.578. The predicted molar refractivity (Wildman–Crippen MR) is 38.8 cm³/mol. The summed E-state index contributed by atoms with van der Waals surface area (Å²) in [7, 11) is 0. The van der Waals surface area contributed by atoms with Crippen molar-refractivity contribution in [3.8, 4) is 0 Å². The van der Waals surface area contributed by atoms with Gasteiger partial charge in [-0.2, -0.15) is 4.39 Å². The molecule has 0 amide bonds. The van der Waals surface area contributed by atoms with Crippen LogP contribution in [-0.2, 0) is 4.79 Å². The molecule has 0 bridgehead atoms. The lowest BCUT2D eigenvalue weighted by molar-refractivity contribution is -0.134. The number of hydrogen-bond donors (Lipinski definition) is 1. The standard InChI is InChI=1S/C7H5FN2O2/c8-6(7(11)12)3-5-1-2-9-4-10-5/h1-4H,(H,11,12). The number of carboxylic acid groups (broad SMARTS) is 1. The number of rotatable bonds is 2. The number of carbonyl (C=O) groups is 1. The van der Waals surface area contributed by atoms with E-state index in [9.17, 15) is 9.18 Å². The van der Waals surface area contributed by atoms with Gasteiger partial charge >= 0.3 is 5.97 Å². The van der Waals surface area contributed by atoms with E-state index in [1.807, 2.05) is 0 Å². The summed E-state index contributed by atoms with van der Waals surface area (Å²) in [6.07, 6.45) is 3.43. The molecule has 0 atom stereocenters. The number of carboxylic acids is 1. The van der Waals surface area contributed by atoms with E-state index < -0.39 is 11.8 Å². The molecule has 5 heteroatoms. The molecule has 1 aromatic heterocycles. The van der Waals surface area contributed by atoms with Crippen LogP contribution in [0.15, 0.2) is 24.4 Å². The highest BCUT2D eigenvalue weighted by Gasteiger charge is 2.04. The topological polar surface area (TPSA) is 63.1 Å². The van der Waals surface area contributed by atoms with Crippen molar-refractivity contribution in [2.24, 2.45) is 0 Å². The normalized spacial score (nSPS) is 11.2. The third-order valence-corrected chi connectivity index (χ3v) is 1.08. The van der Waals surface area contributed by atoms with E-state index in [-0.39, 0.29) is 5.69 Å². The Hall–Kier alpha value is -1.78. The summed E-state index contributed by atoms with van der Waals surface area (Å²) in [5, 5.41) is 8.16. The van der Waals surface area contributed by atoms with Crippen LogP contribution in [0, 0.1) is 0 Å². The molecule has 0 fully saturated rings. The molecule has 62 valence electrons. The first kappa shape index (κ1) is 8.32. The molecular weight excluding hydrogens is 163 g/mol. The molecule has 1 heterocycles.